The van der Waals surface area contributed by atoms with Gasteiger partial charge in [-0.15, -0.1) is 11.3 Å². The molecule has 14 heavy (non-hydrogen) atoms. The maximum Gasteiger partial charge on any atom is 0.237 e. The molecule has 0 unspecified atom stereocenters. The molecular formula is C9H13ClN2OS. The topological polar surface area (TPSA) is 55.1 Å². The SMILES string of the molecule is CC[C@@H](N)C(=O)NCc1ccc(Cl)s1. The Bertz CT molecular complexity index is 314. The summed E-state index contributed by atoms with van der Waals surface area (Å²) in [7, 11) is 0. The zero-order chi connectivity index (χ0) is 10.6. The number of halogens is 1. The fourth-order valence-electron chi connectivity index (χ4n) is 0.937. The molecule has 0 spiro atoms. The normalized spacial score (nSPS) is 12.5. The van der Waals surface area contributed by atoms with E-state index in [2.05, 4.69) is 5.32 Å². The van der Waals surface area contributed by atoms with Crippen molar-refractivity contribution in [2.45, 2.75) is 25.9 Å². The van der Waals surface area contributed by atoms with Crippen LogP contribution < -0.4 is 11.1 Å². The number of carbonyl (C=O) groups is 1. The van der Waals surface area contributed by atoms with Gasteiger partial charge in [-0.2, -0.15) is 0 Å². The Labute approximate surface area is 92.3 Å². The minimum Gasteiger partial charge on any atom is -0.350 e. The summed E-state index contributed by atoms with van der Waals surface area (Å²) in [5.74, 6) is -0.114. The largest absolute Gasteiger partial charge is 0.350 e. The van der Waals surface area contributed by atoms with E-state index in [1.165, 1.54) is 11.3 Å². The van der Waals surface area contributed by atoms with Crippen molar-refractivity contribution in [2.75, 3.05) is 0 Å². The van der Waals surface area contributed by atoms with Crippen LogP contribution in [0.3, 0.4) is 0 Å². The third-order valence-electron chi connectivity index (χ3n) is 1.84. The molecule has 78 valence electrons. The molecule has 3 nitrogen and oxygen atoms in total. The van der Waals surface area contributed by atoms with Crippen LogP contribution in [0.1, 0.15) is 18.2 Å². The van der Waals surface area contributed by atoms with Gasteiger partial charge in [0.25, 0.3) is 0 Å². The number of nitrogens with one attached hydrogen (secondary N) is 1. The average molecular weight is 233 g/mol. The van der Waals surface area contributed by atoms with Crippen molar-refractivity contribution in [1.82, 2.24) is 5.32 Å². The van der Waals surface area contributed by atoms with Crippen molar-refractivity contribution in [1.29, 1.82) is 0 Å². The van der Waals surface area contributed by atoms with Gasteiger partial charge in [-0.1, -0.05) is 18.5 Å². The standard InChI is InChI=1S/C9H13ClN2OS/c1-2-7(11)9(13)12-5-6-3-4-8(10)14-6/h3-4,7H,2,5,11H2,1H3,(H,12,13)/t7-/m1/s1. The van der Waals surface area contributed by atoms with E-state index in [1.807, 2.05) is 19.1 Å². The lowest BCUT2D eigenvalue weighted by atomic mass is 10.2. The second-order valence-corrected chi connectivity index (χ2v) is 4.74. The second kappa shape index (κ2) is 5.34. The average Bonchev–Trinajstić information content (AvgIpc) is 2.59. The van der Waals surface area contributed by atoms with Gasteiger partial charge in [-0.3, -0.25) is 4.79 Å². The van der Waals surface area contributed by atoms with Gasteiger partial charge >= 0.3 is 0 Å². The molecular weight excluding hydrogens is 220 g/mol. The molecule has 0 fully saturated rings. The van der Waals surface area contributed by atoms with Crippen LogP contribution in [-0.4, -0.2) is 11.9 Å². The van der Waals surface area contributed by atoms with Crippen LogP contribution in [0.4, 0.5) is 0 Å². The van der Waals surface area contributed by atoms with Crippen LogP contribution in [0.5, 0.6) is 0 Å². The summed E-state index contributed by atoms with van der Waals surface area (Å²) in [6.45, 7) is 2.39. The van der Waals surface area contributed by atoms with Gasteiger partial charge in [0, 0.05) is 4.88 Å². The van der Waals surface area contributed by atoms with E-state index < -0.39 is 6.04 Å². The predicted octanol–water partition coefficient (Wildman–Crippen LogP) is 1.75. The number of thiophene rings is 1. The third-order valence-corrected chi connectivity index (χ3v) is 3.07. The Balaban J connectivity index is 2.37. The van der Waals surface area contributed by atoms with E-state index in [0.29, 0.717) is 13.0 Å². The first-order valence-electron chi connectivity index (χ1n) is 4.41. The van der Waals surface area contributed by atoms with Crippen molar-refractivity contribution in [3.8, 4) is 0 Å². The predicted molar refractivity (Wildman–Crippen MR) is 59.4 cm³/mol. The Morgan fingerprint density at radius 3 is 2.93 bits per heavy atom. The fourth-order valence-corrected chi connectivity index (χ4v) is 1.96. The summed E-state index contributed by atoms with van der Waals surface area (Å²) in [5.41, 5.74) is 5.55. The van der Waals surface area contributed by atoms with Gasteiger partial charge in [0.15, 0.2) is 0 Å². The van der Waals surface area contributed by atoms with Crippen LogP contribution in [0.15, 0.2) is 12.1 Å². The molecule has 1 aromatic heterocycles. The molecule has 1 rings (SSSR count). The Morgan fingerprint density at radius 2 is 2.43 bits per heavy atom. The minimum atomic E-state index is -0.412. The first-order valence-corrected chi connectivity index (χ1v) is 5.60. The van der Waals surface area contributed by atoms with E-state index in [9.17, 15) is 4.79 Å². The monoisotopic (exact) mass is 232 g/mol. The Hall–Kier alpha value is -0.580. The molecule has 0 saturated carbocycles. The molecule has 1 heterocycles. The molecule has 0 radical (unpaired) electrons. The lowest BCUT2D eigenvalue weighted by Gasteiger charge is -2.08. The fraction of sp³-hybridized carbons (Fsp3) is 0.444. The number of carbonyl (C=O) groups excluding carboxylic acids is 1. The highest BCUT2D eigenvalue weighted by Gasteiger charge is 2.10. The lowest BCUT2D eigenvalue weighted by Crippen LogP contribution is -2.39. The van der Waals surface area contributed by atoms with E-state index in [4.69, 9.17) is 17.3 Å². The van der Waals surface area contributed by atoms with Crippen molar-refractivity contribution >= 4 is 28.8 Å². The highest BCUT2D eigenvalue weighted by molar-refractivity contribution is 7.16. The zero-order valence-electron chi connectivity index (χ0n) is 7.92. The van der Waals surface area contributed by atoms with Gasteiger partial charge in [0.2, 0.25) is 5.91 Å². The van der Waals surface area contributed by atoms with Crippen molar-refractivity contribution < 1.29 is 4.79 Å². The van der Waals surface area contributed by atoms with E-state index in [-0.39, 0.29) is 5.91 Å². The van der Waals surface area contributed by atoms with Crippen LogP contribution in [0.25, 0.3) is 0 Å². The molecule has 0 aliphatic heterocycles. The van der Waals surface area contributed by atoms with E-state index in [1.54, 1.807) is 0 Å². The smallest absolute Gasteiger partial charge is 0.237 e. The summed E-state index contributed by atoms with van der Waals surface area (Å²) in [6.07, 6.45) is 0.650. The van der Waals surface area contributed by atoms with Crippen LogP contribution in [0, 0.1) is 0 Å². The van der Waals surface area contributed by atoms with E-state index >= 15 is 0 Å². The summed E-state index contributed by atoms with van der Waals surface area (Å²) in [5, 5.41) is 2.75. The maximum atomic E-state index is 11.3. The van der Waals surface area contributed by atoms with Crippen LogP contribution in [-0.2, 0) is 11.3 Å². The number of amides is 1. The molecule has 1 atom stereocenters. The van der Waals surface area contributed by atoms with Crippen molar-refractivity contribution in [2.24, 2.45) is 5.73 Å². The summed E-state index contributed by atoms with van der Waals surface area (Å²) in [6, 6.07) is 3.29. The molecule has 1 amide bonds. The van der Waals surface area contributed by atoms with Gasteiger partial charge in [-0.05, 0) is 18.6 Å². The molecule has 0 aromatic carbocycles. The number of hydrogen-bond acceptors (Lipinski definition) is 3. The molecule has 5 heteroatoms. The number of hydrogen-bond donors (Lipinski definition) is 2. The second-order valence-electron chi connectivity index (χ2n) is 2.94. The van der Waals surface area contributed by atoms with Gasteiger partial charge in [0.05, 0.1) is 16.9 Å². The zero-order valence-corrected chi connectivity index (χ0v) is 9.49. The molecule has 0 aliphatic rings. The Morgan fingerprint density at radius 1 is 1.71 bits per heavy atom. The molecule has 3 N–H and O–H groups in total. The quantitative estimate of drug-likeness (QED) is 0.831. The third kappa shape index (κ3) is 3.29. The van der Waals surface area contributed by atoms with Crippen molar-refractivity contribution in [3.63, 3.8) is 0 Å². The molecule has 0 bridgehead atoms. The lowest BCUT2D eigenvalue weighted by molar-refractivity contribution is -0.122. The summed E-state index contributed by atoms with van der Waals surface area (Å²) in [4.78, 5) is 12.3. The number of rotatable bonds is 4. The first-order chi connectivity index (χ1) is 6.63. The molecule has 0 saturated heterocycles. The molecule has 0 aliphatic carbocycles. The molecule has 1 aromatic rings. The summed E-state index contributed by atoms with van der Waals surface area (Å²) < 4.78 is 0.731. The van der Waals surface area contributed by atoms with Crippen LogP contribution >= 0.6 is 22.9 Å². The van der Waals surface area contributed by atoms with Gasteiger partial charge in [0.1, 0.15) is 0 Å². The first kappa shape index (κ1) is 11.5. The van der Waals surface area contributed by atoms with E-state index in [0.717, 1.165) is 9.21 Å². The van der Waals surface area contributed by atoms with Gasteiger partial charge in [-0.25, -0.2) is 0 Å². The highest BCUT2D eigenvalue weighted by Crippen LogP contribution is 2.20. The maximum absolute atomic E-state index is 11.3. The van der Waals surface area contributed by atoms with Crippen molar-refractivity contribution in [3.05, 3.63) is 21.3 Å². The van der Waals surface area contributed by atoms with Crippen LogP contribution in [0.2, 0.25) is 4.34 Å². The van der Waals surface area contributed by atoms with Gasteiger partial charge < -0.3 is 11.1 Å². The number of nitrogens with two attached hydrogens (primary N) is 1. The highest BCUT2D eigenvalue weighted by atomic mass is 35.5. The minimum absolute atomic E-state index is 0.114. The Kier molecular flexibility index (Phi) is 4.38. The summed E-state index contributed by atoms with van der Waals surface area (Å²) >= 11 is 7.21.